The lowest BCUT2D eigenvalue weighted by molar-refractivity contribution is -0.384. The highest BCUT2D eigenvalue weighted by Gasteiger charge is 2.24. The molecule has 1 aromatic carbocycles. The molecule has 2 saturated heterocycles. The number of nitro benzene ring substituents is 1. The molecular formula is C19H28N6O3. The third-order valence-corrected chi connectivity index (χ3v) is 5.30. The van der Waals surface area contributed by atoms with Crippen LogP contribution in [0.3, 0.4) is 0 Å². The number of nitro groups is 1. The molecule has 1 aromatic rings. The Labute approximate surface area is 165 Å². The molecule has 0 bridgehead atoms. The zero-order valence-electron chi connectivity index (χ0n) is 16.3. The molecule has 28 heavy (non-hydrogen) atoms. The molecule has 0 unspecified atom stereocenters. The first-order chi connectivity index (χ1) is 13.6. The van der Waals surface area contributed by atoms with E-state index in [4.69, 9.17) is 0 Å². The van der Waals surface area contributed by atoms with E-state index in [-0.39, 0.29) is 11.6 Å². The van der Waals surface area contributed by atoms with Gasteiger partial charge in [0.1, 0.15) is 0 Å². The highest BCUT2D eigenvalue weighted by molar-refractivity contribution is 5.80. The number of rotatable bonds is 5. The highest BCUT2D eigenvalue weighted by atomic mass is 16.6. The van der Waals surface area contributed by atoms with Gasteiger partial charge >= 0.3 is 0 Å². The molecule has 152 valence electrons. The van der Waals surface area contributed by atoms with Gasteiger partial charge < -0.3 is 15.1 Å². The van der Waals surface area contributed by atoms with Crippen LogP contribution in [-0.4, -0.2) is 84.4 Å². The Kier molecular flexibility index (Phi) is 6.80. The number of likely N-dealkylation sites (tertiary alicyclic amines) is 1. The minimum Gasteiger partial charge on any atom is -0.352 e. The molecule has 3 rings (SSSR count). The maximum atomic E-state index is 12.3. The van der Waals surface area contributed by atoms with Gasteiger partial charge in [0.25, 0.3) is 5.69 Å². The van der Waals surface area contributed by atoms with E-state index in [2.05, 4.69) is 20.1 Å². The zero-order chi connectivity index (χ0) is 19.9. The zero-order valence-corrected chi connectivity index (χ0v) is 16.3. The Balaban J connectivity index is 1.44. The van der Waals surface area contributed by atoms with E-state index in [1.54, 1.807) is 19.2 Å². The standard InChI is InChI=1S/C19H28N6O3/c1-20-19(21-14-16-4-6-17(7-5-16)25(27)28)24-12-10-22(11-13-24)15-18(26)23-8-2-3-9-23/h4-7H,2-3,8-15H2,1H3,(H,20,21). The van der Waals surface area contributed by atoms with E-state index in [1.165, 1.54) is 12.1 Å². The summed E-state index contributed by atoms with van der Waals surface area (Å²) in [7, 11) is 1.75. The van der Waals surface area contributed by atoms with Crippen molar-refractivity contribution in [1.29, 1.82) is 0 Å². The van der Waals surface area contributed by atoms with Gasteiger partial charge in [0.15, 0.2) is 5.96 Å². The van der Waals surface area contributed by atoms with Crippen LogP contribution in [0.4, 0.5) is 5.69 Å². The fourth-order valence-corrected chi connectivity index (χ4v) is 3.62. The van der Waals surface area contributed by atoms with Crippen LogP contribution in [0.5, 0.6) is 0 Å². The van der Waals surface area contributed by atoms with Gasteiger partial charge in [-0.15, -0.1) is 0 Å². The molecule has 0 aromatic heterocycles. The van der Waals surface area contributed by atoms with Crippen molar-refractivity contribution in [3.63, 3.8) is 0 Å². The van der Waals surface area contributed by atoms with Crippen molar-refractivity contribution in [2.75, 3.05) is 52.9 Å². The number of benzene rings is 1. The summed E-state index contributed by atoms with van der Waals surface area (Å²) in [5.41, 5.74) is 1.05. The molecule has 2 aliphatic rings. The number of nitrogens with one attached hydrogen (secondary N) is 1. The number of hydrogen-bond donors (Lipinski definition) is 1. The number of aliphatic imine (C=N–C) groups is 1. The molecule has 0 saturated carbocycles. The Morgan fingerprint density at radius 3 is 2.29 bits per heavy atom. The first-order valence-electron chi connectivity index (χ1n) is 9.76. The Morgan fingerprint density at radius 1 is 1.07 bits per heavy atom. The van der Waals surface area contributed by atoms with Crippen molar-refractivity contribution < 1.29 is 9.72 Å². The van der Waals surface area contributed by atoms with Crippen LogP contribution in [0.15, 0.2) is 29.3 Å². The number of guanidine groups is 1. The summed E-state index contributed by atoms with van der Waals surface area (Å²) >= 11 is 0. The lowest BCUT2D eigenvalue weighted by atomic mass is 10.2. The van der Waals surface area contributed by atoms with Gasteiger partial charge in [-0.3, -0.25) is 24.8 Å². The molecule has 1 N–H and O–H groups in total. The second-order valence-corrected chi connectivity index (χ2v) is 7.18. The summed E-state index contributed by atoms with van der Waals surface area (Å²) in [6.45, 7) is 6.15. The summed E-state index contributed by atoms with van der Waals surface area (Å²) < 4.78 is 0. The summed E-state index contributed by atoms with van der Waals surface area (Å²) in [5, 5.41) is 14.1. The van der Waals surface area contributed by atoms with Gasteiger partial charge in [0, 0.05) is 65.0 Å². The fourth-order valence-electron chi connectivity index (χ4n) is 3.62. The van der Waals surface area contributed by atoms with Crippen LogP contribution in [0.25, 0.3) is 0 Å². The molecule has 2 fully saturated rings. The van der Waals surface area contributed by atoms with E-state index in [9.17, 15) is 14.9 Å². The topological polar surface area (TPSA) is 94.3 Å². The summed E-state index contributed by atoms with van der Waals surface area (Å²) in [5.74, 6) is 1.05. The smallest absolute Gasteiger partial charge is 0.269 e. The van der Waals surface area contributed by atoms with Crippen LogP contribution in [-0.2, 0) is 11.3 Å². The molecule has 2 aliphatic heterocycles. The minimum absolute atomic E-state index is 0.0905. The predicted octanol–water partition coefficient (Wildman–Crippen LogP) is 0.910. The van der Waals surface area contributed by atoms with Gasteiger partial charge in [0.2, 0.25) is 5.91 Å². The van der Waals surface area contributed by atoms with E-state index in [0.717, 1.165) is 63.6 Å². The van der Waals surface area contributed by atoms with Gasteiger partial charge in [-0.25, -0.2) is 0 Å². The number of amides is 1. The Morgan fingerprint density at radius 2 is 1.71 bits per heavy atom. The lowest BCUT2D eigenvalue weighted by Gasteiger charge is -2.36. The quantitative estimate of drug-likeness (QED) is 0.349. The maximum absolute atomic E-state index is 12.3. The van der Waals surface area contributed by atoms with E-state index < -0.39 is 4.92 Å². The number of nitrogens with zero attached hydrogens (tertiary/aromatic N) is 5. The minimum atomic E-state index is -0.399. The Hall–Kier alpha value is -2.68. The maximum Gasteiger partial charge on any atom is 0.269 e. The van der Waals surface area contributed by atoms with E-state index in [1.807, 2.05) is 4.90 Å². The van der Waals surface area contributed by atoms with Crippen LogP contribution >= 0.6 is 0 Å². The number of carbonyl (C=O) groups excluding carboxylic acids is 1. The van der Waals surface area contributed by atoms with Crippen molar-refractivity contribution in [2.45, 2.75) is 19.4 Å². The third kappa shape index (κ3) is 5.19. The van der Waals surface area contributed by atoms with Crippen LogP contribution in [0, 0.1) is 10.1 Å². The van der Waals surface area contributed by atoms with E-state index >= 15 is 0 Å². The number of hydrogen-bond acceptors (Lipinski definition) is 5. The van der Waals surface area contributed by atoms with Crippen molar-refractivity contribution in [2.24, 2.45) is 4.99 Å². The SMILES string of the molecule is CN=C(NCc1ccc([N+](=O)[O-])cc1)N1CCN(CC(=O)N2CCCC2)CC1. The van der Waals surface area contributed by atoms with Crippen molar-refractivity contribution >= 4 is 17.6 Å². The molecule has 0 radical (unpaired) electrons. The van der Waals surface area contributed by atoms with Gasteiger partial charge in [0.05, 0.1) is 11.5 Å². The average molecular weight is 388 g/mol. The van der Waals surface area contributed by atoms with Crippen molar-refractivity contribution in [3.05, 3.63) is 39.9 Å². The second-order valence-electron chi connectivity index (χ2n) is 7.18. The predicted molar refractivity (Wildman–Crippen MR) is 107 cm³/mol. The molecule has 1 amide bonds. The molecular weight excluding hydrogens is 360 g/mol. The monoisotopic (exact) mass is 388 g/mol. The Bertz CT molecular complexity index is 707. The first-order valence-corrected chi connectivity index (χ1v) is 9.76. The van der Waals surface area contributed by atoms with Crippen LogP contribution < -0.4 is 5.32 Å². The summed E-state index contributed by atoms with van der Waals surface area (Å²) in [6.07, 6.45) is 2.24. The van der Waals surface area contributed by atoms with Crippen LogP contribution in [0.1, 0.15) is 18.4 Å². The summed E-state index contributed by atoms with van der Waals surface area (Å²) in [4.78, 5) is 33.4. The molecule has 9 nitrogen and oxygen atoms in total. The number of carbonyl (C=O) groups is 1. The normalized spacial score (nSPS) is 18.4. The first kappa shape index (κ1) is 20.1. The number of non-ortho nitro benzene ring substituents is 1. The highest BCUT2D eigenvalue weighted by Crippen LogP contribution is 2.12. The average Bonchev–Trinajstić information content (AvgIpc) is 3.25. The third-order valence-electron chi connectivity index (χ3n) is 5.30. The van der Waals surface area contributed by atoms with Gasteiger partial charge in [-0.2, -0.15) is 0 Å². The molecule has 0 aliphatic carbocycles. The van der Waals surface area contributed by atoms with Gasteiger partial charge in [-0.05, 0) is 18.4 Å². The molecule has 2 heterocycles. The molecule has 0 spiro atoms. The number of piperazine rings is 1. The van der Waals surface area contributed by atoms with Crippen molar-refractivity contribution in [3.8, 4) is 0 Å². The largest absolute Gasteiger partial charge is 0.352 e. The van der Waals surface area contributed by atoms with Crippen molar-refractivity contribution in [1.82, 2.24) is 20.0 Å². The fraction of sp³-hybridized carbons (Fsp3) is 0.579. The second kappa shape index (κ2) is 9.50. The summed E-state index contributed by atoms with van der Waals surface area (Å²) in [6, 6.07) is 6.52. The lowest BCUT2D eigenvalue weighted by Crippen LogP contribution is -2.54. The molecule has 9 heteroatoms. The van der Waals surface area contributed by atoms with Gasteiger partial charge in [-0.1, -0.05) is 12.1 Å². The van der Waals surface area contributed by atoms with E-state index in [0.29, 0.717) is 13.1 Å². The molecule has 0 atom stereocenters. The van der Waals surface area contributed by atoms with Crippen LogP contribution in [0.2, 0.25) is 0 Å².